The number of anilines is 2. The molecule has 0 radical (unpaired) electrons. The Balaban J connectivity index is 1.34. The van der Waals surface area contributed by atoms with Gasteiger partial charge in [-0.3, -0.25) is 9.59 Å². The van der Waals surface area contributed by atoms with E-state index in [1.165, 1.54) is 12.1 Å². The van der Waals surface area contributed by atoms with Crippen molar-refractivity contribution < 1.29 is 22.8 Å². The lowest BCUT2D eigenvalue weighted by Gasteiger charge is -2.31. The van der Waals surface area contributed by atoms with E-state index in [1.54, 1.807) is 6.07 Å². The number of carbonyl (C=O) groups is 2. The van der Waals surface area contributed by atoms with Crippen molar-refractivity contribution in [3.05, 3.63) is 65.7 Å². The van der Waals surface area contributed by atoms with E-state index in [0.717, 1.165) is 48.4 Å². The Morgan fingerprint density at radius 3 is 2.42 bits per heavy atom. The number of fused-ring (bicyclic) bond motifs is 1. The van der Waals surface area contributed by atoms with E-state index < -0.39 is 17.2 Å². The van der Waals surface area contributed by atoms with Crippen molar-refractivity contribution in [2.75, 3.05) is 30.4 Å². The highest BCUT2D eigenvalue weighted by Crippen LogP contribution is 2.30. The van der Waals surface area contributed by atoms with Gasteiger partial charge in [-0.1, -0.05) is 32.9 Å². The third kappa shape index (κ3) is 6.44. The number of aryl methyl sites for hydroxylation is 1. The van der Waals surface area contributed by atoms with E-state index in [-0.39, 0.29) is 24.3 Å². The topological polar surface area (TPSA) is 65.5 Å². The van der Waals surface area contributed by atoms with Crippen LogP contribution in [-0.4, -0.2) is 47.9 Å². The van der Waals surface area contributed by atoms with Gasteiger partial charge in [0, 0.05) is 43.0 Å². The maximum Gasteiger partial charge on any atom is 0.416 e. The fourth-order valence-corrected chi connectivity index (χ4v) is 4.67. The minimum atomic E-state index is -4.37. The number of nitrogens with one attached hydrogen (secondary N) is 1. The van der Waals surface area contributed by atoms with E-state index in [1.807, 2.05) is 57.0 Å². The van der Waals surface area contributed by atoms with Crippen LogP contribution in [0, 0.1) is 5.41 Å². The Kier molecular flexibility index (Phi) is 7.67. The molecule has 0 aliphatic carbocycles. The lowest BCUT2D eigenvalue weighted by molar-refractivity contribution is -0.140. The quantitative estimate of drug-likeness (QED) is 0.434. The van der Waals surface area contributed by atoms with Gasteiger partial charge in [0.1, 0.15) is 5.82 Å². The Bertz CT molecular complexity index is 1320. The van der Waals surface area contributed by atoms with Gasteiger partial charge in [-0.05, 0) is 60.9 Å². The van der Waals surface area contributed by atoms with Crippen LogP contribution in [0.5, 0.6) is 0 Å². The number of benzene rings is 2. The Morgan fingerprint density at radius 2 is 1.76 bits per heavy atom. The van der Waals surface area contributed by atoms with Gasteiger partial charge in [-0.15, -0.1) is 0 Å². The maximum atomic E-state index is 12.7. The number of aromatic nitrogens is 1. The van der Waals surface area contributed by atoms with Crippen LogP contribution in [0.25, 0.3) is 10.9 Å². The van der Waals surface area contributed by atoms with Gasteiger partial charge < -0.3 is 15.1 Å². The van der Waals surface area contributed by atoms with Crippen LogP contribution < -0.4 is 10.2 Å². The highest BCUT2D eigenvalue weighted by molar-refractivity contribution is 5.94. The van der Waals surface area contributed by atoms with E-state index in [0.29, 0.717) is 17.7 Å². The molecule has 1 fully saturated rings. The largest absolute Gasteiger partial charge is 0.416 e. The molecule has 1 unspecified atom stereocenters. The molecule has 1 atom stereocenters. The number of pyridine rings is 1. The summed E-state index contributed by atoms with van der Waals surface area (Å²) >= 11 is 0. The van der Waals surface area contributed by atoms with Crippen molar-refractivity contribution >= 4 is 34.2 Å². The van der Waals surface area contributed by atoms with Crippen molar-refractivity contribution in [2.24, 2.45) is 5.41 Å². The summed E-state index contributed by atoms with van der Waals surface area (Å²) in [5.41, 5.74) is 0.979. The van der Waals surface area contributed by atoms with Gasteiger partial charge in [0.15, 0.2) is 0 Å². The number of halogens is 3. The molecule has 1 aliphatic heterocycles. The minimum absolute atomic E-state index is 0.129. The smallest absolute Gasteiger partial charge is 0.354 e. The number of hydrogen-bond acceptors (Lipinski definition) is 4. The molecular formula is C29H33F3N4O2. The summed E-state index contributed by atoms with van der Waals surface area (Å²) in [5, 5.41) is 3.74. The molecule has 0 saturated carbocycles. The van der Waals surface area contributed by atoms with Crippen LogP contribution in [0.15, 0.2) is 54.6 Å². The van der Waals surface area contributed by atoms with Crippen LogP contribution in [0.4, 0.5) is 24.7 Å². The van der Waals surface area contributed by atoms with Gasteiger partial charge in [-0.2, -0.15) is 13.2 Å². The zero-order chi connectivity index (χ0) is 27.7. The van der Waals surface area contributed by atoms with Gasteiger partial charge in [-0.25, -0.2) is 4.98 Å². The molecule has 2 aromatic carbocycles. The van der Waals surface area contributed by atoms with Crippen molar-refractivity contribution in [3.63, 3.8) is 0 Å². The van der Waals surface area contributed by atoms with E-state index >= 15 is 0 Å². The fourth-order valence-electron chi connectivity index (χ4n) is 4.67. The molecule has 6 nitrogen and oxygen atoms in total. The van der Waals surface area contributed by atoms with Crippen molar-refractivity contribution in [3.8, 4) is 0 Å². The molecular weight excluding hydrogens is 493 g/mol. The molecule has 1 aromatic heterocycles. The number of hydrogen-bond donors (Lipinski definition) is 1. The summed E-state index contributed by atoms with van der Waals surface area (Å²) in [6.45, 7) is 7.33. The molecule has 38 heavy (non-hydrogen) atoms. The Morgan fingerprint density at radius 1 is 1.05 bits per heavy atom. The average molecular weight is 527 g/mol. The van der Waals surface area contributed by atoms with E-state index in [9.17, 15) is 22.8 Å². The molecule has 9 heteroatoms. The molecule has 3 aromatic rings. The van der Waals surface area contributed by atoms with Crippen molar-refractivity contribution in [1.29, 1.82) is 0 Å². The second-order valence-corrected chi connectivity index (χ2v) is 10.9. The summed E-state index contributed by atoms with van der Waals surface area (Å²) < 4.78 is 38.1. The highest BCUT2D eigenvalue weighted by atomic mass is 19.4. The Labute approximate surface area is 220 Å². The molecule has 4 rings (SSSR count). The van der Waals surface area contributed by atoms with Crippen LogP contribution >= 0.6 is 0 Å². The molecule has 1 aliphatic rings. The number of amides is 2. The molecule has 2 amide bonds. The second-order valence-electron chi connectivity index (χ2n) is 10.9. The molecule has 0 bridgehead atoms. The summed E-state index contributed by atoms with van der Waals surface area (Å²) in [4.78, 5) is 33.9. The van der Waals surface area contributed by atoms with Crippen LogP contribution in [-0.2, 0) is 22.2 Å². The van der Waals surface area contributed by atoms with Gasteiger partial charge >= 0.3 is 6.18 Å². The summed E-state index contributed by atoms with van der Waals surface area (Å²) in [6, 6.07) is 14.4. The Hall–Kier alpha value is -3.62. The van der Waals surface area contributed by atoms with Crippen LogP contribution in [0.3, 0.4) is 0 Å². The number of nitrogens with zero attached hydrogens (tertiary/aromatic N) is 3. The first-order valence-corrected chi connectivity index (χ1v) is 12.7. The molecule has 0 spiro atoms. The third-order valence-corrected chi connectivity index (χ3v) is 6.88. The standard InChI is InChI=1S/C29H33F3N4O2/c1-28(2,3)27(38)35(4)23-15-16-36(18-23)25-13-8-20-17-22(11-12-24(20)34-25)33-26(37)14-7-19-5-9-21(10-6-19)29(30,31)32/h5-6,8-13,17,23H,7,14-16,18H2,1-4H3,(H,33,37). The fraction of sp³-hybridized carbons (Fsp3) is 0.414. The predicted octanol–water partition coefficient (Wildman–Crippen LogP) is 5.91. The first kappa shape index (κ1) is 27.4. The lowest BCUT2D eigenvalue weighted by Crippen LogP contribution is -2.44. The number of carbonyl (C=O) groups excluding carboxylic acids is 2. The molecule has 1 saturated heterocycles. The van der Waals surface area contributed by atoms with Crippen molar-refractivity contribution in [2.45, 2.75) is 52.3 Å². The molecule has 2 heterocycles. The van der Waals surface area contributed by atoms with Gasteiger partial charge in [0.05, 0.1) is 17.1 Å². The zero-order valence-corrected chi connectivity index (χ0v) is 22.1. The van der Waals surface area contributed by atoms with Gasteiger partial charge in [0.25, 0.3) is 0 Å². The number of alkyl halides is 3. The van der Waals surface area contributed by atoms with Gasteiger partial charge in [0.2, 0.25) is 11.8 Å². The number of likely N-dealkylation sites (N-methyl/N-ethyl adjacent to an activating group) is 1. The van der Waals surface area contributed by atoms with E-state index in [4.69, 9.17) is 4.98 Å². The first-order chi connectivity index (χ1) is 17.8. The number of rotatable bonds is 6. The highest BCUT2D eigenvalue weighted by Gasteiger charge is 2.34. The maximum absolute atomic E-state index is 12.7. The average Bonchev–Trinajstić information content (AvgIpc) is 3.36. The van der Waals surface area contributed by atoms with Crippen LogP contribution in [0.2, 0.25) is 0 Å². The summed E-state index contributed by atoms with van der Waals surface area (Å²) in [5.74, 6) is 0.764. The normalized spacial score (nSPS) is 16.1. The zero-order valence-electron chi connectivity index (χ0n) is 22.1. The lowest BCUT2D eigenvalue weighted by atomic mass is 9.94. The predicted molar refractivity (Wildman–Crippen MR) is 143 cm³/mol. The molecule has 1 N–H and O–H groups in total. The minimum Gasteiger partial charge on any atom is -0.354 e. The van der Waals surface area contributed by atoms with Crippen LogP contribution in [0.1, 0.15) is 44.7 Å². The van der Waals surface area contributed by atoms with E-state index in [2.05, 4.69) is 10.2 Å². The monoisotopic (exact) mass is 526 g/mol. The molecule has 202 valence electrons. The summed E-state index contributed by atoms with van der Waals surface area (Å²) in [7, 11) is 1.87. The first-order valence-electron chi connectivity index (χ1n) is 12.7. The summed E-state index contributed by atoms with van der Waals surface area (Å²) in [6.07, 6.45) is -2.99. The second kappa shape index (κ2) is 10.6. The third-order valence-electron chi connectivity index (χ3n) is 6.88. The SMILES string of the molecule is CN(C(=O)C(C)(C)C)C1CCN(c2ccc3cc(NC(=O)CCc4ccc(C(F)(F)F)cc4)ccc3n2)C1. The van der Waals surface area contributed by atoms with Crippen molar-refractivity contribution in [1.82, 2.24) is 9.88 Å².